The van der Waals surface area contributed by atoms with Crippen molar-refractivity contribution in [2.24, 2.45) is 5.92 Å². The number of rotatable bonds is 10. The molecule has 1 saturated heterocycles. The first-order chi connectivity index (χ1) is 14.4. The van der Waals surface area contributed by atoms with Crippen molar-refractivity contribution in [2.45, 2.75) is 31.3 Å². The Morgan fingerprint density at radius 1 is 1.13 bits per heavy atom. The van der Waals surface area contributed by atoms with Gasteiger partial charge in [-0.1, -0.05) is 44.2 Å². The van der Waals surface area contributed by atoms with Gasteiger partial charge in [-0.15, -0.1) is 0 Å². The molecule has 1 N–H and O–H groups in total. The number of nitrogens with one attached hydrogen (secondary N) is 1. The molecule has 1 aliphatic heterocycles. The van der Waals surface area contributed by atoms with Gasteiger partial charge in [0.1, 0.15) is 5.75 Å². The first-order valence-corrected chi connectivity index (χ1v) is 12.0. The van der Waals surface area contributed by atoms with Crippen LogP contribution in [0, 0.1) is 5.92 Å². The standard InChI is InChI=1S/C23H32N2O4S/c1-19(2)18-29-21-9-11-22(12-10-21)30(26,27)24-13-6-14-25-15-16-28-23(17-25)20-7-4-3-5-8-20/h3-5,7-12,19,23-24H,6,13-18H2,1-2H3. The lowest BCUT2D eigenvalue weighted by atomic mass is 10.1. The lowest BCUT2D eigenvalue weighted by Crippen LogP contribution is -2.39. The number of hydrogen-bond donors (Lipinski definition) is 1. The summed E-state index contributed by atoms with van der Waals surface area (Å²) in [5.41, 5.74) is 1.18. The highest BCUT2D eigenvalue weighted by molar-refractivity contribution is 7.89. The molecule has 1 heterocycles. The molecule has 1 unspecified atom stereocenters. The van der Waals surface area contributed by atoms with E-state index in [1.807, 2.05) is 18.2 Å². The Morgan fingerprint density at radius 3 is 2.57 bits per heavy atom. The number of hydrogen-bond acceptors (Lipinski definition) is 5. The third-order valence-electron chi connectivity index (χ3n) is 4.98. The minimum Gasteiger partial charge on any atom is -0.493 e. The zero-order chi connectivity index (χ0) is 21.4. The minimum atomic E-state index is -3.51. The van der Waals surface area contributed by atoms with E-state index in [9.17, 15) is 8.42 Å². The molecule has 0 spiro atoms. The van der Waals surface area contributed by atoms with Crippen molar-refractivity contribution in [1.82, 2.24) is 9.62 Å². The largest absolute Gasteiger partial charge is 0.493 e. The van der Waals surface area contributed by atoms with Gasteiger partial charge >= 0.3 is 0 Å². The van der Waals surface area contributed by atoms with Crippen molar-refractivity contribution >= 4 is 10.0 Å². The quantitative estimate of drug-likeness (QED) is 0.583. The topological polar surface area (TPSA) is 67.9 Å². The molecule has 0 radical (unpaired) electrons. The molecular weight excluding hydrogens is 400 g/mol. The Bertz CT molecular complexity index is 870. The minimum absolute atomic E-state index is 0.0769. The van der Waals surface area contributed by atoms with E-state index in [1.165, 1.54) is 5.56 Å². The first kappa shape index (κ1) is 22.7. The van der Waals surface area contributed by atoms with Gasteiger partial charge in [0.05, 0.1) is 24.2 Å². The molecule has 2 aromatic rings. The van der Waals surface area contributed by atoms with E-state index in [1.54, 1.807) is 24.3 Å². The summed E-state index contributed by atoms with van der Waals surface area (Å²) >= 11 is 0. The molecule has 7 heteroatoms. The fourth-order valence-corrected chi connectivity index (χ4v) is 4.42. The van der Waals surface area contributed by atoms with Crippen LogP contribution in [0.4, 0.5) is 0 Å². The zero-order valence-electron chi connectivity index (χ0n) is 17.8. The van der Waals surface area contributed by atoms with Crippen molar-refractivity contribution in [3.63, 3.8) is 0 Å². The Hall–Kier alpha value is -1.93. The summed E-state index contributed by atoms with van der Waals surface area (Å²) < 4.78 is 39.2. The Labute approximate surface area is 180 Å². The summed E-state index contributed by atoms with van der Waals surface area (Å²) in [5.74, 6) is 1.10. The summed E-state index contributed by atoms with van der Waals surface area (Å²) in [6, 6.07) is 16.8. The maximum absolute atomic E-state index is 12.5. The lowest BCUT2D eigenvalue weighted by Gasteiger charge is -2.33. The number of ether oxygens (including phenoxy) is 2. The molecule has 1 fully saturated rings. The van der Waals surface area contributed by atoms with Gasteiger partial charge in [-0.3, -0.25) is 4.90 Å². The molecule has 1 aliphatic rings. The maximum Gasteiger partial charge on any atom is 0.240 e. The highest BCUT2D eigenvalue weighted by atomic mass is 32.2. The van der Waals surface area contributed by atoms with Crippen molar-refractivity contribution < 1.29 is 17.9 Å². The van der Waals surface area contributed by atoms with Crippen molar-refractivity contribution in [1.29, 1.82) is 0 Å². The van der Waals surface area contributed by atoms with Gasteiger partial charge in [0.15, 0.2) is 0 Å². The molecule has 0 aliphatic carbocycles. The molecule has 0 bridgehead atoms. The highest BCUT2D eigenvalue weighted by Gasteiger charge is 2.21. The van der Waals surface area contributed by atoms with Crippen LogP contribution in [0.25, 0.3) is 0 Å². The second-order valence-corrected chi connectivity index (χ2v) is 9.77. The third kappa shape index (κ3) is 6.80. The van der Waals surface area contributed by atoms with E-state index in [0.29, 0.717) is 31.4 Å². The SMILES string of the molecule is CC(C)COc1ccc(S(=O)(=O)NCCCN2CCOC(c3ccccc3)C2)cc1. The predicted octanol–water partition coefficient (Wildman–Crippen LogP) is 3.46. The average Bonchev–Trinajstić information content (AvgIpc) is 2.76. The molecule has 3 rings (SSSR count). The average molecular weight is 433 g/mol. The number of sulfonamides is 1. The number of morpholine rings is 1. The summed E-state index contributed by atoms with van der Waals surface area (Å²) in [5, 5.41) is 0. The fourth-order valence-electron chi connectivity index (χ4n) is 3.35. The molecule has 0 saturated carbocycles. The molecule has 1 atom stereocenters. The second-order valence-electron chi connectivity index (χ2n) is 8.00. The monoisotopic (exact) mass is 432 g/mol. The molecule has 6 nitrogen and oxygen atoms in total. The van der Waals surface area contributed by atoms with Crippen LogP contribution in [0.2, 0.25) is 0 Å². The van der Waals surface area contributed by atoms with Crippen LogP contribution in [-0.2, 0) is 14.8 Å². The molecular formula is C23H32N2O4S. The van der Waals surface area contributed by atoms with Gasteiger partial charge in [0.2, 0.25) is 10.0 Å². The summed E-state index contributed by atoms with van der Waals surface area (Å²) in [6.07, 6.45) is 0.823. The van der Waals surface area contributed by atoms with Crippen LogP contribution >= 0.6 is 0 Å². The van der Waals surface area contributed by atoms with E-state index in [4.69, 9.17) is 9.47 Å². The highest BCUT2D eigenvalue weighted by Crippen LogP contribution is 2.22. The van der Waals surface area contributed by atoms with E-state index < -0.39 is 10.0 Å². The van der Waals surface area contributed by atoms with Crippen LogP contribution in [0.3, 0.4) is 0 Å². The molecule has 164 valence electrons. The van der Waals surface area contributed by atoms with Crippen molar-refractivity contribution in [2.75, 3.05) is 39.4 Å². The van der Waals surface area contributed by atoms with Gasteiger partial charge in [-0.05, 0) is 48.7 Å². The van der Waals surface area contributed by atoms with Gasteiger partial charge in [-0.2, -0.15) is 0 Å². The van der Waals surface area contributed by atoms with Gasteiger partial charge in [-0.25, -0.2) is 13.1 Å². The Morgan fingerprint density at radius 2 is 1.87 bits per heavy atom. The third-order valence-corrected chi connectivity index (χ3v) is 6.46. The van der Waals surface area contributed by atoms with E-state index in [-0.39, 0.29) is 11.0 Å². The molecule has 0 amide bonds. The van der Waals surface area contributed by atoms with Gasteiger partial charge in [0.25, 0.3) is 0 Å². The van der Waals surface area contributed by atoms with Crippen LogP contribution < -0.4 is 9.46 Å². The fraction of sp³-hybridized carbons (Fsp3) is 0.478. The normalized spacial score (nSPS) is 17.9. The lowest BCUT2D eigenvalue weighted by molar-refractivity contribution is -0.0300. The number of benzene rings is 2. The van der Waals surface area contributed by atoms with Crippen LogP contribution in [-0.4, -0.2) is 52.7 Å². The summed E-state index contributed by atoms with van der Waals surface area (Å²) in [7, 11) is -3.51. The van der Waals surface area contributed by atoms with E-state index in [2.05, 4.69) is 35.6 Å². The predicted molar refractivity (Wildman–Crippen MR) is 118 cm³/mol. The molecule has 30 heavy (non-hydrogen) atoms. The van der Waals surface area contributed by atoms with Crippen molar-refractivity contribution in [3.8, 4) is 5.75 Å². The summed E-state index contributed by atoms with van der Waals surface area (Å²) in [4.78, 5) is 2.59. The van der Waals surface area contributed by atoms with E-state index >= 15 is 0 Å². The van der Waals surface area contributed by atoms with Crippen LogP contribution in [0.1, 0.15) is 31.9 Å². The van der Waals surface area contributed by atoms with Crippen molar-refractivity contribution in [3.05, 3.63) is 60.2 Å². The Balaban J connectivity index is 1.43. The summed E-state index contributed by atoms with van der Waals surface area (Å²) in [6.45, 7) is 8.37. The van der Waals surface area contributed by atoms with E-state index in [0.717, 1.165) is 26.1 Å². The first-order valence-electron chi connectivity index (χ1n) is 10.6. The van der Waals surface area contributed by atoms with Crippen LogP contribution in [0.5, 0.6) is 5.75 Å². The number of nitrogens with zero attached hydrogens (tertiary/aromatic N) is 1. The molecule has 0 aromatic heterocycles. The smallest absolute Gasteiger partial charge is 0.240 e. The Kier molecular flexibility index (Phi) is 8.27. The molecule has 2 aromatic carbocycles. The second kappa shape index (κ2) is 10.9. The zero-order valence-corrected chi connectivity index (χ0v) is 18.6. The van der Waals surface area contributed by atoms with Gasteiger partial charge < -0.3 is 9.47 Å². The van der Waals surface area contributed by atoms with Crippen LogP contribution in [0.15, 0.2) is 59.5 Å². The maximum atomic E-state index is 12.5. The van der Waals surface area contributed by atoms with Gasteiger partial charge in [0, 0.05) is 19.6 Å².